The Morgan fingerprint density at radius 1 is 1.03 bits per heavy atom. The Kier molecular flexibility index (Phi) is 6.16. The molecule has 0 atom stereocenters. The zero-order chi connectivity index (χ0) is 25.2. The van der Waals surface area contributed by atoms with Gasteiger partial charge in [-0.25, -0.2) is 18.6 Å². The number of hydrogen-bond donors (Lipinski definition) is 2. The maximum atomic E-state index is 13.8. The summed E-state index contributed by atoms with van der Waals surface area (Å²) in [7, 11) is 0. The molecular formula is C28H20F2N2O4. The maximum Gasteiger partial charge on any atom is 0.339 e. The number of aromatic hydroxyl groups is 1. The van der Waals surface area contributed by atoms with Gasteiger partial charge in [0, 0.05) is 11.5 Å². The summed E-state index contributed by atoms with van der Waals surface area (Å²) in [5.74, 6) is -2.84. The standard InChI is InChI=1S/C28H20F2N2O4/c29-18-8-12-22(30)24(14-18)31-25(34)15-36-28(35)26-20-3-1-2-4-23(20)32-27-17(7-11-21(26)27)13-16-5-9-19(33)10-6-16/h1-6,8-10,12-14,33H,7,11,15H2,(H,31,34). The van der Waals surface area contributed by atoms with Gasteiger partial charge < -0.3 is 15.2 Å². The van der Waals surface area contributed by atoms with Crippen molar-refractivity contribution in [3.05, 3.63) is 101 Å². The van der Waals surface area contributed by atoms with E-state index < -0.39 is 30.1 Å². The molecule has 1 aliphatic rings. The number of ether oxygens (including phenoxy) is 1. The molecule has 0 spiro atoms. The first-order chi connectivity index (χ1) is 17.4. The second-order valence-electron chi connectivity index (χ2n) is 8.34. The number of benzene rings is 3. The highest BCUT2D eigenvalue weighted by atomic mass is 19.1. The van der Waals surface area contributed by atoms with E-state index in [4.69, 9.17) is 9.72 Å². The van der Waals surface area contributed by atoms with Crippen LogP contribution in [0.25, 0.3) is 22.6 Å². The second kappa shape index (κ2) is 9.58. The zero-order valence-electron chi connectivity index (χ0n) is 18.9. The normalized spacial score (nSPS) is 13.6. The van der Waals surface area contributed by atoms with Gasteiger partial charge in [0.1, 0.15) is 17.4 Å². The molecule has 8 heteroatoms. The maximum absolute atomic E-state index is 13.8. The molecule has 36 heavy (non-hydrogen) atoms. The number of halogens is 2. The highest BCUT2D eigenvalue weighted by molar-refractivity contribution is 6.08. The molecule has 180 valence electrons. The predicted octanol–water partition coefficient (Wildman–Crippen LogP) is 5.50. The number of rotatable bonds is 5. The molecule has 0 saturated heterocycles. The fraction of sp³-hybridized carbons (Fsp3) is 0.107. The van der Waals surface area contributed by atoms with Crippen LogP contribution in [0.3, 0.4) is 0 Å². The number of pyridine rings is 1. The highest BCUT2D eigenvalue weighted by Gasteiger charge is 2.28. The number of phenolic OH excluding ortho intramolecular Hbond substituents is 1. The fourth-order valence-electron chi connectivity index (χ4n) is 4.27. The van der Waals surface area contributed by atoms with E-state index in [-0.39, 0.29) is 11.4 Å². The quantitative estimate of drug-likeness (QED) is 0.364. The number of fused-ring (bicyclic) bond motifs is 2. The van der Waals surface area contributed by atoms with Crippen molar-refractivity contribution in [3.63, 3.8) is 0 Å². The first kappa shape index (κ1) is 23.2. The van der Waals surface area contributed by atoms with Crippen molar-refractivity contribution < 1.29 is 28.2 Å². The first-order valence-corrected chi connectivity index (χ1v) is 11.2. The van der Waals surface area contributed by atoms with Gasteiger partial charge in [0.15, 0.2) is 6.61 Å². The SMILES string of the molecule is O=C(COC(=O)c1c2c(nc3ccccc13)C(=Cc1ccc(O)cc1)CC2)Nc1cc(F)ccc1F. The number of amides is 1. The van der Waals surface area contributed by atoms with E-state index in [1.54, 1.807) is 42.5 Å². The van der Waals surface area contributed by atoms with Gasteiger partial charge in [-0.15, -0.1) is 0 Å². The Balaban J connectivity index is 1.43. The van der Waals surface area contributed by atoms with Crippen molar-refractivity contribution in [2.75, 3.05) is 11.9 Å². The van der Waals surface area contributed by atoms with Crippen LogP contribution in [0.4, 0.5) is 14.5 Å². The molecular weight excluding hydrogens is 466 g/mol. The van der Waals surface area contributed by atoms with Crippen LogP contribution in [0, 0.1) is 11.6 Å². The number of allylic oxidation sites excluding steroid dienone is 1. The van der Waals surface area contributed by atoms with Crippen molar-refractivity contribution in [2.45, 2.75) is 12.8 Å². The lowest BCUT2D eigenvalue weighted by atomic mass is 10.0. The molecule has 1 aliphatic carbocycles. The van der Waals surface area contributed by atoms with Crippen LogP contribution >= 0.6 is 0 Å². The summed E-state index contributed by atoms with van der Waals surface area (Å²) in [5, 5.41) is 12.4. The molecule has 4 aromatic rings. The monoisotopic (exact) mass is 486 g/mol. The van der Waals surface area contributed by atoms with E-state index >= 15 is 0 Å². The van der Waals surface area contributed by atoms with Crippen LogP contribution in [0.5, 0.6) is 5.75 Å². The van der Waals surface area contributed by atoms with Crippen LogP contribution < -0.4 is 5.32 Å². The molecule has 0 saturated carbocycles. The molecule has 2 N–H and O–H groups in total. The van der Waals surface area contributed by atoms with E-state index in [1.165, 1.54) is 0 Å². The van der Waals surface area contributed by atoms with Gasteiger partial charge in [0.25, 0.3) is 5.91 Å². The van der Waals surface area contributed by atoms with E-state index in [9.17, 15) is 23.5 Å². The van der Waals surface area contributed by atoms with Gasteiger partial charge in [-0.05, 0) is 65.9 Å². The summed E-state index contributed by atoms with van der Waals surface area (Å²) in [6.45, 7) is -0.670. The van der Waals surface area contributed by atoms with Crippen LogP contribution in [0.1, 0.15) is 33.6 Å². The number of nitrogens with zero attached hydrogens (tertiary/aromatic N) is 1. The average molecular weight is 486 g/mol. The number of carbonyl (C=O) groups excluding carboxylic acids is 2. The Morgan fingerprint density at radius 2 is 1.81 bits per heavy atom. The molecule has 1 heterocycles. The summed E-state index contributed by atoms with van der Waals surface area (Å²) in [6, 6.07) is 16.6. The summed E-state index contributed by atoms with van der Waals surface area (Å²) in [6.07, 6.45) is 3.17. The van der Waals surface area contributed by atoms with Gasteiger partial charge in [-0.2, -0.15) is 0 Å². The minimum atomic E-state index is -0.804. The van der Waals surface area contributed by atoms with Gasteiger partial charge in [-0.1, -0.05) is 30.3 Å². The van der Waals surface area contributed by atoms with E-state index in [0.29, 0.717) is 35.0 Å². The largest absolute Gasteiger partial charge is 0.508 e. The summed E-state index contributed by atoms with van der Waals surface area (Å²) >= 11 is 0. The Hall–Kier alpha value is -4.59. The number of aromatic nitrogens is 1. The lowest BCUT2D eigenvalue weighted by Crippen LogP contribution is -2.22. The van der Waals surface area contributed by atoms with Crippen molar-refractivity contribution in [2.24, 2.45) is 0 Å². The molecule has 5 rings (SSSR count). The molecule has 6 nitrogen and oxygen atoms in total. The smallest absolute Gasteiger partial charge is 0.339 e. The molecule has 3 aromatic carbocycles. The lowest BCUT2D eigenvalue weighted by molar-refractivity contribution is -0.119. The summed E-state index contributed by atoms with van der Waals surface area (Å²) in [4.78, 5) is 30.2. The average Bonchev–Trinajstić information content (AvgIpc) is 3.26. The minimum absolute atomic E-state index is 0.169. The van der Waals surface area contributed by atoms with Crippen LogP contribution in [-0.4, -0.2) is 28.6 Å². The van der Waals surface area contributed by atoms with Crippen LogP contribution in [0.2, 0.25) is 0 Å². The third-order valence-electron chi connectivity index (χ3n) is 5.92. The summed E-state index contributed by atoms with van der Waals surface area (Å²) < 4.78 is 32.5. The Morgan fingerprint density at radius 3 is 2.61 bits per heavy atom. The van der Waals surface area contributed by atoms with E-state index in [1.807, 2.05) is 12.1 Å². The third kappa shape index (κ3) is 4.65. The molecule has 1 aromatic heterocycles. The summed E-state index contributed by atoms with van der Waals surface area (Å²) in [5.41, 5.74) is 3.82. The first-order valence-electron chi connectivity index (χ1n) is 11.2. The predicted molar refractivity (Wildman–Crippen MR) is 131 cm³/mol. The fourth-order valence-corrected chi connectivity index (χ4v) is 4.27. The van der Waals surface area contributed by atoms with Crippen LogP contribution in [-0.2, 0) is 16.0 Å². The molecule has 0 unspecified atom stereocenters. The number of phenols is 1. The number of anilines is 1. The highest BCUT2D eigenvalue weighted by Crippen LogP contribution is 2.38. The van der Waals surface area contributed by atoms with Crippen molar-refractivity contribution in [1.82, 2.24) is 4.98 Å². The molecule has 1 amide bonds. The molecule has 0 bridgehead atoms. The third-order valence-corrected chi connectivity index (χ3v) is 5.92. The molecule has 0 fully saturated rings. The second-order valence-corrected chi connectivity index (χ2v) is 8.34. The Bertz CT molecular complexity index is 1530. The Labute approximate surface area is 204 Å². The number of nitrogens with one attached hydrogen (secondary N) is 1. The molecule has 0 aliphatic heterocycles. The topological polar surface area (TPSA) is 88.5 Å². The molecule has 0 radical (unpaired) electrons. The van der Waals surface area contributed by atoms with Gasteiger partial charge in [0.2, 0.25) is 0 Å². The van der Waals surface area contributed by atoms with Crippen molar-refractivity contribution in [1.29, 1.82) is 0 Å². The minimum Gasteiger partial charge on any atom is -0.508 e. The number of carbonyl (C=O) groups is 2. The van der Waals surface area contributed by atoms with E-state index in [0.717, 1.165) is 34.9 Å². The van der Waals surface area contributed by atoms with Crippen molar-refractivity contribution >= 4 is 40.1 Å². The van der Waals surface area contributed by atoms with Crippen LogP contribution in [0.15, 0.2) is 66.7 Å². The number of para-hydroxylation sites is 1. The van der Waals surface area contributed by atoms with Gasteiger partial charge in [0.05, 0.1) is 22.5 Å². The van der Waals surface area contributed by atoms with Crippen molar-refractivity contribution in [3.8, 4) is 5.75 Å². The number of esters is 1. The lowest BCUT2D eigenvalue weighted by Gasteiger charge is -2.13. The van der Waals surface area contributed by atoms with Gasteiger partial charge >= 0.3 is 5.97 Å². The number of hydrogen-bond acceptors (Lipinski definition) is 5. The van der Waals surface area contributed by atoms with E-state index in [2.05, 4.69) is 5.32 Å². The van der Waals surface area contributed by atoms with Gasteiger partial charge in [-0.3, -0.25) is 4.79 Å². The zero-order valence-corrected chi connectivity index (χ0v) is 18.9.